The van der Waals surface area contributed by atoms with Crippen molar-refractivity contribution in [3.05, 3.63) is 29.3 Å². The molecule has 2 heteroatoms. The summed E-state index contributed by atoms with van der Waals surface area (Å²) in [6.45, 7) is 5.53. The van der Waals surface area contributed by atoms with Crippen molar-refractivity contribution in [2.75, 3.05) is 18.5 Å². The second-order valence-corrected chi connectivity index (χ2v) is 4.03. The van der Waals surface area contributed by atoms with Gasteiger partial charge in [0.2, 0.25) is 0 Å². The van der Waals surface area contributed by atoms with E-state index in [-0.39, 0.29) is 0 Å². The second-order valence-electron chi connectivity index (χ2n) is 4.03. The maximum absolute atomic E-state index is 8.64. The number of anilines is 1. The van der Waals surface area contributed by atoms with Crippen LogP contribution < -0.4 is 5.32 Å². The number of nitrogens with one attached hydrogen (secondary N) is 1. The number of hydrogen-bond acceptors (Lipinski definition) is 2. The predicted molar refractivity (Wildman–Crippen MR) is 65.3 cm³/mol. The van der Waals surface area contributed by atoms with E-state index < -0.39 is 0 Å². The lowest BCUT2D eigenvalue weighted by molar-refractivity contribution is 0.283. The van der Waals surface area contributed by atoms with Crippen molar-refractivity contribution in [2.24, 2.45) is 0 Å². The summed E-state index contributed by atoms with van der Waals surface area (Å²) in [4.78, 5) is 0. The average molecular weight is 207 g/mol. The first kappa shape index (κ1) is 12.1. The summed E-state index contributed by atoms with van der Waals surface area (Å²) in [5.74, 6) is 0. The zero-order valence-electron chi connectivity index (χ0n) is 9.71. The Kier molecular flexibility index (Phi) is 5.19. The van der Waals surface area contributed by atoms with E-state index in [1.165, 1.54) is 16.8 Å². The van der Waals surface area contributed by atoms with Gasteiger partial charge in [0.1, 0.15) is 0 Å². The molecule has 15 heavy (non-hydrogen) atoms. The minimum absolute atomic E-state index is 0.309. The summed E-state index contributed by atoms with van der Waals surface area (Å²) in [5.41, 5.74) is 3.82. The van der Waals surface area contributed by atoms with Crippen LogP contribution in [0.15, 0.2) is 18.2 Å². The molecule has 2 nitrogen and oxygen atoms in total. The molecule has 0 saturated carbocycles. The molecule has 0 bridgehead atoms. The van der Waals surface area contributed by atoms with Gasteiger partial charge in [-0.1, -0.05) is 12.1 Å². The zero-order chi connectivity index (χ0) is 11.1. The fourth-order valence-electron chi connectivity index (χ4n) is 1.56. The molecule has 0 saturated heterocycles. The van der Waals surface area contributed by atoms with Crippen LogP contribution in [0.1, 0.15) is 30.4 Å². The quantitative estimate of drug-likeness (QED) is 0.703. The fourth-order valence-corrected chi connectivity index (χ4v) is 1.56. The summed E-state index contributed by atoms with van der Waals surface area (Å²) >= 11 is 0. The van der Waals surface area contributed by atoms with Crippen LogP contribution in [0.4, 0.5) is 5.69 Å². The molecular formula is C13H21NO. The number of aliphatic hydroxyl groups excluding tert-OH is 1. The van der Waals surface area contributed by atoms with Gasteiger partial charge in [0.05, 0.1) is 0 Å². The molecule has 0 aromatic heterocycles. The molecular weight excluding hydrogens is 186 g/mol. The Morgan fingerprint density at radius 1 is 1.13 bits per heavy atom. The number of aliphatic hydroxyl groups is 1. The van der Waals surface area contributed by atoms with E-state index in [1.54, 1.807) is 0 Å². The molecule has 0 aliphatic heterocycles. The Morgan fingerprint density at radius 3 is 2.67 bits per heavy atom. The van der Waals surface area contributed by atoms with E-state index >= 15 is 0 Å². The topological polar surface area (TPSA) is 32.3 Å². The van der Waals surface area contributed by atoms with Gasteiger partial charge in [-0.2, -0.15) is 0 Å². The van der Waals surface area contributed by atoms with Gasteiger partial charge in [0.25, 0.3) is 0 Å². The van der Waals surface area contributed by atoms with Crippen LogP contribution in [0.2, 0.25) is 0 Å². The van der Waals surface area contributed by atoms with Gasteiger partial charge in [-0.25, -0.2) is 0 Å². The number of aryl methyl sites for hydroxylation is 2. The summed E-state index contributed by atoms with van der Waals surface area (Å²) < 4.78 is 0. The van der Waals surface area contributed by atoms with E-state index in [0.717, 1.165) is 25.8 Å². The lowest BCUT2D eigenvalue weighted by atomic mass is 10.1. The first-order valence-electron chi connectivity index (χ1n) is 5.66. The van der Waals surface area contributed by atoms with Gasteiger partial charge in [-0.15, -0.1) is 0 Å². The standard InChI is InChI=1S/C13H21NO/c1-11-6-7-12(2)13(10-11)14-8-4-3-5-9-15/h6-7,10,14-15H,3-5,8-9H2,1-2H3. The Hall–Kier alpha value is -1.02. The van der Waals surface area contributed by atoms with Gasteiger partial charge < -0.3 is 10.4 Å². The van der Waals surface area contributed by atoms with Crippen LogP contribution in [0.5, 0.6) is 0 Å². The predicted octanol–water partition coefficient (Wildman–Crippen LogP) is 2.88. The summed E-state index contributed by atoms with van der Waals surface area (Å²) in [7, 11) is 0. The lowest BCUT2D eigenvalue weighted by Gasteiger charge is -2.10. The molecule has 1 rings (SSSR count). The van der Waals surface area contributed by atoms with Crippen molar-refractivity contribution in [1.29, 1.82) is 0 Å². The third-order valence-corrected chi connectivity index (χ3v) is 2.54. The normalized spacial score (nSPS) is 10.3. The van der Waals surface area contributed by atoms with Crippen molar-refractivity contribution >= 4 is 5.69 Å². The maximum Gasteiger partial charge on any atom is 0.0431 e. The van der Waals surface area contributed by atoms with Gasteiger partial charge >= 0.3 is 0 Å². The Balaban J connectivity index is 2.33. The first-order chi connectivity index (χ1) is 7.24. The largest absolute Gasteiger partial charge is 0.396 e. The third-order valence-electron chi connectivity index (χ3n) is 2.54. The third kappa shape index (κ3) is 4.34. The zero-order valence-corrected chi connectivity index (χ0v) is 9.71. The summed E-state index contributed by atoms with van der Waals surface area (Å²) in [6.07, 6.45) is 3.12. The van der Waals surface area contributed by atoms with Crippen molar-refractivity contribution in [1.82, 2.24) is 0 Å². The van der Waals surface area contributed by atoms with E-state index in [0.29, 0.717) is 6.61 Å². The molecule has 0 heterocycles. The molecule has 0 aliphatic rings. The fraction of sp³-hybridized carbons (Fsp3) is 0.538. The molecule has 1 aromatic rings. The van der Waals surface area contributed by atoms with Gasteiger partial charge in [0, 0.05) is 18.8 Å². The number of hydrogen-bond donors (Lipinski definition) is 2. The van der Waals surface area contributed by atoms with Gasteiger partial charge in [-0.05, 0) is 50.3 Å². The van der Waals surface area contributed by atoms with E-state index in [4.69, 9.17) is 5.11 Å². The molecule has 1 aromatic carbocycles. The van der Waals surface area contributed by atoms with Crippen LogP contribution in [0.3, 0.4) is 0 Å². The molecule has 2 N–H and O–H groups in total. The molecule has 0 unspecified atom stereocenters. The molecule has 0 aliphatic carbocycles. The lowest BCUT2D eigenvalue weighted by Crippen LogP contribution is -2.03. The van der Waals surface area contributed by atoms with E-state index in [1.807, 2.05) is 0 Å². The van der Waals surface area contributed by atoms with E-state index in [9.17, 15) is 0 Å². The molecule has 0 fully saturated rings. The SMILES string of the molecule is Cc1ccc(C)c(NCCCCCO)c1. The average Bonchev–Trinajstić information content (AvgIpc) is 2.23. The molecule has 0 amide bonds. The maximum atomic E-state index is 8.64. The first-order valence-corrected chi connectivity index (χ1v) is 5.66. The number of benzene rings is 1. The highest BCUT2D eigenvalue weighted by Crippen LogP contribution is 2.16. The second kappa shape index (κ2) is 6.46. The summed E-state index contributed by atoms with van der Waals surface area (Å²) in [6, 6.07) is 6.46. The minimum Gasteiger partial charge on any atom is -0.396 e. The van der Waals surface area contributed by atoms with Crippen molar-refractivity contribution in [2.45, 2.75) is 33.1 Å². The Labute approximate surface area is 92.3 Å². The van der Waals surface area contributed by atoms with Crippen LogP contribution in [-0.2, 0) is 0 Å². The van der Waals surface area contributed by atoms with Crippen LogP contribution >= 0.6 is 0 Å². The Bertz CT molecular complexity index is 297. The van der Waals surface area contributed by atoms with E-state index in [2.05, 4.69) is 37.4 Å². The Morgan fingerprint density at radius 2 is 1.93 bits per heavy atom. The molecule has 0 radical (unpaired) electrons. The number of rotatable bonds is 6. The molecule has 0 atom stereocenters. The van der Waals surface area contributed by atoms with Crippen molar-refractivity contribution in [3.63, 3.8) is 0 Å². The number of unbranched alkanes of at least 4 members (excludes halogenated alkanes) is 2. The smallest absolute Gasteiger partial charge is 0.0431 e. The van der Waals surface area contributed by atoms with Crippen molar-refractivity contribution in [3.8, 4) is 0 Å². The van der Waals surface area contributed by atoms with Gasteiger partial charge in [0.15, 0.2) is 0 Å². The van der Waals surface area contributed by atoms with Crippen LogP contribution in [-0.4, -0.2) is 18.3 Å². The highest BCUT2D eigenvalue weighted by Gasteiger charge is 1.97. The highest BCUT2D eigenvalue weighted by atomic mass is 16.2. The minimum atomic E-state index is 0.309. The molecule has 0 spiro atoms. The van der Waals surface area contributed by atoms with Crippen molar-refractivity contribution < 1.29 is 5.11 Å². The van der Waals surface area contributed by atoms with Crippen LogP contribution in [0.25, 0.3) is 0 Å². The van der Waals surface area contributed by atoms with Crippen LogP contribution in [0, 0.1) is 13.8 Å². The molecule has 84 valence electrons. The monoisotopic (exact) mass is 207 g/mol. The highest BCUT2D eigenvalue weighted by molar-refractivity contribution is 5.52. The van der Waals surface area contributed by atoms with Gasteiger partial charge in [-0.3, -0.25) is 0 Å². The summed E-state index contributed by atoms with van der Waals surface area (Å²) in [5, 5.41) is 12.1.